The van der Waals surface area contributed by atoms with E-state index < -0.39 is 0 Å². The summed E-state index contributed by atoms with van der Waals surface area (Å²) in [5, 5.41) is 12.9. The molecule has 1 N–H and O–H groups in total. The maximum atomic E-state index is 10.4. The van der Waals surface area contributed by atoms with Crippen LogP contribution in [0, 0.1) is 0 Å². The van der Waals surface area contributed by atoms with Crippen molar-refractivity contribution < 1.29 is 5.11 Å². The second kappa shape index (κ2) is 11.3. The molecule has 0 bridgehead atoms. The highest BCUT2D eigenvalue weighted by atomic mass is 16.3. The summed E-state index contributed by atoms with van der Waals surface area (Å²) in [6, 6.07) is 14.7. The molecule has 0 aliphatic heterocycles. The van der Waals surface area contributed by atoms with Crippen molar-refractivity contribution in [2.45, 2.75) is 83.7 Å². The molecule has 2 aromatic carbocycles. The lowest BCUT2D eigenvalue weighted by Crippen LogP contribution is -1.97. The van der Waals surface area contributed by atoms with Crippen molar-refractivity contribution in [3.8, 4) is 0 Å². The van der Waals surface area contributed by atoms with Crippen molar-refractivity contribution in [3.63, 3.8) is 0 Å². The Morgan fingerprint density at radius 3 is 1.96 bits per heavy atom. The molecule has 0 saturated heterocycles. The van der Waals surface area contributed by atoms with E-state index in [0.29, 0.717) is 0 Å². The lowest BCUT2D eigenvalue weighted by atomic mass is 9.99. The number of aliphatic hydroxyl groups excluding tert-OH is 1. The van der Waals surface area contributed by atoms with E-state index in [0.717, 1.165) is 18.4 Å². The first-order chi connectivity index (χ1) is 11.8. The van der Waals surface area contributed by atoms with Gasteiger partial charge in [0.25, 0.3) is 0 Å². The molecule has 1 nitrogen and oxygen atoms in total. The average Bonchev–Trinajstić information content (AvgIpc) is 2.62. The molecular weight excluding hydrogens is 292 g/mol. The van der Waals surface area contributed by atoms with Crippen LogP contribution in [-0.2, 0) is 0 Å². The zero-order valence-electron chi connectivity index (χ0n) is 15.3. The molecule has 0 unspecified atom stereocenters. The molecule has 0 aliphatic carbocycles. The maximum absolute atomic E-state index is 10.4. The molecule has 132 valence electrons. The summed E-state index contributed by atoms with van der Waals surface area (Å²) >= 11 is 0. The van der Waals surface area contributed by atoms with Gasteiger partial charge in [0.1, 0.15) is 0 Å². The van der Waals surface area contributed by atoms with Crippen LogP contribution < -0.4 is 0 Å². The van der Waals surface area contributed by atoms with Crippen molar-refractivity contribution in [2.24, 2.45) is 0 Å². The average molecular weight is 327 g/mol. The van der Waals surface area contributed by atoms with Crippen LogP contribution in [0.25, 0.3) is 10.8 Å². The Bertz CT molecular complexity index is 575. The topological polar surface area (TPSA) is 20.2 Å². The number of unbranched alkanes of at least 4 members (excludes halogenated alkanes) is 9. The van der Waals surface area contributed by atoms with E-state index in [9.17, 15) is 5.11 Å². The number of hydrogen-bond acceptors (Lipinski definition) is 1. The van der Waals surface area contributed by atoms with E-state index in [4.69, 9.17) is 0 Å². The van der Waals surface area contributed by atoms with E-state index in [1.807, 2.05) is 0 Å². The van der Waals surface area contributed by atoms with Crippen molar-refractivity contribution in [1.29, 1.82) is 0 Å². The zero-order chi connectivity index (χ0) is 17.0. The van der Waals surface area contributed by atoms with Gasteiger partial charge in [-0.2, -0.15) is 0 Å². The maximum Gasteiger partial charge on any atom is 0.0790 e. The molecular formula is C23H34O. The van der Waals surface area contributed by atoms with E-state index in [2.05, 4.69) is 49.4 Å². The number of hydrogen-bond donors (Lipinski definition) is 1. The van der Waals surface area contributed by atoms with Gasteiger partial charge >= 0.3 is 0 Å². The van der Waals surface area contributed by atoms with Crippen LogP contribution >= 0.6 is 0 Å². The van der Waals surface area contributed by atoms with E-state index >= 15 is 0 Å². The van der Waals surface area contributed by atoms with Gasteiger partial charge in [-0.3, -0.25) is 0 Å². The molecule has 0 amide bonds. The second-order valence-corrected chi connectivity index (χ2v) is 7.09. The van der Waals surface area contributed by atoms with Gasteiger partial charge in [0.2, 0.25) is 0 Å². The fourth-order valence-electron chi connectivity index (χ4n) is 3.41. The normalized spacial score (nSPS) is 12.6. The van der Waals surface area contributed by atoms with E-state index in [1.165, 1.54) is 68.6 Å². The van der Waals surface area contributed by atoms with Crippen molar-refractivity contribution in [1.82, 2.24) is 0 Å². The SMILES string of the molecule is CCCCCCCCCCCC[C@@H](O)c1ccc2ccccc2c1. The number of aliphatic hydroxyl groups is 1. The molecule has 0 aliphatic rings. The summed E-state index contributed by atoms with van der Waals surface area (Å²) in [4.78, 5) is 0. The molecule has 0 heterocycles. The Balaban J connectivity index is 1.58. The molecule has 0 fully saturated rings. The monoisotopic (exact) mass is 326 g/mol. The summed E-state index contributed by atoms with van der Waals surface area (Å²) in [5.74, 6) is 0. The van der Waals surface area contributed by atoms with Gasteiger partial charge < -0.3 is 5.11 Å². The minimum atomic E-state index is -0.316. The molecule has 0 spiro atoms. The summed E-state index contributed by atoms with van der Waals surface area (Å²) in [7, 11) is 0. The summed E-state index contributed by atoms with van der Waals surface area (Å²) in [6.07, 6.45) is 14.0. The first kappa shape index (κ1) is 19.0. The van der Waals surface area contributed by atoms with Crippen molar-refractivity contribution in [2.75, 3.05) is 0 Å². The smallest absolute Gasteiger partial charge is 0.0790 e. The van der Waals surface area contributed by atoms with Gasteiger partial charge in [-0.1, -0.05) is 108 Å². The van der Waals surface area contributed by atoms with Gasteiger partial charge in [-0.15, -0.1) is 0 Å². The Hall–Kier alpha value is -1.34. The minimum absolute atomic E-state index is 0.316. The Morgan fingerprint density at radius 2 is 1.29 bits per heavy atom. The van der Waals surface area contributed by atoms with Gasteiger partial charge in [0.05, 0.1) is 6.10 Å². The Morgan fingerprint density at radius 1 is 0.708 bits per heavy atom. The van der Waals surface area contributed by atoms with Crippen LogP contribution in [0.2, 0.25) is 0 Å². The molecule has 24 heavy (non-hydrogen) atoms. The largest absolute Gasteiger partial charge is 0.388 e. The van der Waals surface area contributed by atoms with Crippen LogP contribution in [0.15, 0.2) is 42.5 Å². The molecule has 0 saturated carbocycles. The Kier molecular flexibility index (Phi) is 8.91. The highest BCUT2D eigenvalue weighted by Gasteiger charge is 2.07. The Labute approximate surface area is 148 Å². The third-order valence-corrected chi connectivity index (χ3v) is 4.99. The zero-order valence-corrected chi connectivity index (χ0v) is 15.3. The molecule has 0 aromatic heterocycles. The predicted octanol–water partition coefficient (Wildman–Crippen LogP) is 7.18. The van der Waals surface area contributed by atoms with Gasteiger partial charge in [-0.25, -0.2) is 0 Å². The highest BCUT2D eigenvalue weighted by Crippen LogP contribution is 2.24. The van der Waals surface area contributed by atoms with Crippen LogP contribution in [-0.4, -0.2) is 5.11 Å². The van der Waals surface area contributed by atoms with Crippen molar-refractivity contribution >= 4 is 10.8 Å². The summed E-state index contributed by atoms with van der Waals surface area (Å²) < 4.78 is 0. The van der Waals surface area contributed by atoms with Gasteiger partial charge in [0.15, 0.2) is 0 Å². The van der Waals surface area contributed by atoms with Crippen LogP contribution in [0.1, 0.15) is 89.2 Å². The standard InChI is InChI=1S/C23H34O/c1-2-3-4-5-6-7-8-9-10-11-16-23(24)22-18-17-20-14-12-13-15-21(20)19-22/h12-15,17-19,23-24H,2-11,16H2,1H3/t23-/m1/s1. The van der Waals surface area contributed by atoms with Crippen LogP contribution in [0.5, 0.6) is 0 Å². The van der Waals surface area contributed by atoms with Crippen molar-refractivity contribution in [3.05, 3.63) is 48.0 Å². The summed E-state index contributed by atoms with van der Waals surface area (Å²) in [6.45, 7) is 2.27. The van der Waals surface area contributed by atoms with E-state index in [-0.39, 0.29) is 6.10 Å². The van der Waals surface area contributed by atoms with Gasteiger partial charge in [-0.05, 0) is 28.8 Å². The highest BCUT2D eigenvalue weighted by molar-refractivity contribution is 5.83. The van der Waals surface area contributed by atoms with Gasteiger partial charge in [0, 0.05) is 0 Å². The molecule has 1 atom stereocenters. The minimum Gasteiger partial charge on any atom is -0.388 e. The molecule has 0 radical (unpaired) electrons. The molecule has 1 heteroatoms. The second-order valence-electron chi connectivity index (χ2n) is 7.09. The van der Waals surface area contributed by atoms with Crippen LogP contribution in [0.4, 0.5) is 0 Å². The van der Waals surface area contributed by atoms with E-state index in [1.54, 1.807) is 0 Å². The predicted molar refractivity (Wildman–Crippen MR) is 105 cm³/mol. The number of benzene rings is 2. The summed E-state index contributed by atoms with van der Waals surface area (Å²) in [5.41, 5.74) is 1.06. The molecule has 2 rings (SSSR count). The quantitative estimate of drug-likeness (QED) is 0.409. The number of rotatable bonds is 12. The fourth-order valence-corrected chi connectivity index (χ4v) is 3.41. The fraction of sp³-hybridized carbons (Fsp3) is 0.565. The third-order valence-electron chi connectivity index (χ3n) is 4.99. The first-order valence-corrected chi connectivity index (χ1v) is 9.98. The lowest BCUT2D eigenvalue weighted by molar-refractivity contribution is 0.163. The molecule has 2 aromatic rings. The van der Waals surface area contributed by atoms with Crippen LogP contribution in [0.3, 0.4) is 0 Å². The number of fused-ring (bicyclic) bond motifs is 1. The third kappa shape index (κ3) is 6.65. The first-order valence-electron chi connectivity index (χ1n) is 9.98. The lowest BCUT2D eigenvalue weighted by Gasteiger charge is -2.12.